The van der Waals surface area contributed by atoms with Gasteiger partial charge in [-0.3, -0.25) is 4.72 Å². The average molecular weight is 344 g/mol. The number of ether oxygens (including phenoxy) is 2. The average Bonchev–Trinajstić information content (AvgIpc) is 3.24. The maximum atomic E-state index is 12.5. The molecule has 0 saturated heterocycles. The SMILES string of the molecule is O=S(=O)(Nc1ccc2c(c1)OCO2)c1cnn(-c2ccccn2)c1. The van der Waals surface area contributed by atoms with Crippen molar-refractivity contribution in [2.24, 2.45) is 0 Å². The van der Waals surface area contributed by atoms with Crippen LogP contribution in [0.4, 0.5) is 5.69 Å². The van der Waals surface area contributed by atoms with E-state index in [1.165, 1.54) is 17.1 Å². The van der Waals surface area contributed by atoms with E-state index < -0.39 is 10.0 Å². The third-order valence-corrected chi connectivity index (χ3v) is 4.71. The Balaban J connectivity index is 1.60. The van der Waals surface area contributed by atoms with E-state index in [1.807, 2.05) is 0 Å². The number of sulfonamides is 1. The zero-order valence-corrected chi connectivity index (χ0v) is 13.1. The lowest BCUT2D eigenvalue weighted by molar-refractivity contribution is 0.174. The number of pyridine rings is 1. The van der Waals surface area contributed by atoms with Gasteiger partial charge in [0.15, 0.2) is 17.3 Å². The van der Waals surface area contributed by atoms with Crippen molar-refractivity contribution in [3.63, 3.8) is 0 Å². The summed E-state index contributed by atoms with van der Waals surface area (Å²) in [6.07, 6.45) is 4.28. The van der Waals surface area contributed by atoms with E-state index in [9.17, 15) is 8.42 Å². The fraction of sp³-hybridized carbons (Fsp3) is 0.0667. The molecule has 1 aliphatic heterocycles. The summed E-state index contributed by atoms with van der Waals surface area (Å²) < 4.78 is 39.3. The molecule has 3 heterocycles. The summed E-state index contributed by atoms with van der Waals surface area (Å²) in [5, 5.41) is 4.04. The summed E-state index contributed by atoms with van der Waals surface area (Å²) >= 11 is 0. The zero-order valence-electron chi connectivity index (χ0n) is 12.3. The van der Waals surface area contributed by atoms with E-state index in [-0.39, 0.29) is 11.7 Å². The van der Waals surface area contributed by atoms with Gasteiger partial charge in [0.1, 0.15) is 4.90 Å². The van der Waals surface area contributed by atoms with Crippen LogP contribution in [-0.4, -0.2) is 30.0 Å². The van der Waals surface area contributed by atoms with Gasteiger partial charge in [-0.15, -0.1) is 0 Å². The van der Waals surface area contributed by atoms with Gasteiger partial charge in [-0.25, -0.2) is 18.1 Å². The number of nitrogens with zero attached hydrogens (tertiary/aromatic N) is 3. The molecule has 3 aromatic rings. The Morgan fingerprint density at radius 1 is 1.12 bits per heavy atom. The molecule has 9 heteroatoms. The monoisotopic (exact) mass is 344 g/mol. The van der Waals surface area contributed by atoms with Gasteiger partial charge >= 0.3 is 0 Å². The normalized spacial score (nSPS) is 13.0. The van der Waals surface area contributed by atoms with Crippen LogP contribution in [0.15, 0.2) is 59.9 Å². The van der Waals surface area contributed by atoms with Gasteiger partial charge in [0.05, 0.1) is 18.1 Å². The van der Waals surface area contributed by atoms with E-state index in [0.29, 0.717) is 23.0 Å². The number of benzene rings is 1. The summed E-state index contributed by atoms with van der Waals surface area (Å²) in [5.41, 5.74) is 0.379. The van der Waals surface area contributed by atoms with Crippen molar-refractivity contribution >= 4 is 15.7 Å². The first kappa shape index (κ1) is 14.5. The molecule has 122 valence electrons. The molecule has 0 amide bonds. The summed E-state index contributed by atoms with van der Waals surface area (Å²) in [4.78, 5) is 4.16. The van der Waals surface area contributed by atoms with Crippen LogP contribution in [0.1, 0.15) is 0 Å². The smallest absolute Gasteiger partial charge is 0.265 e. The third-order valence-electron chi connectivity index (χ3n) is 3.38. The highest BCUT2D eigenvalue weighted by molar-refractivity contribution is 7.92. The molecule has 0 fully saturated rings. The molecule has 0 aliphatic carbocycles. The highest BCUT2D eigenvalue weighted by Crippen LogP contribution is 2.34. The van der Waals surface area contributed by atoms with Crippen LogP contribution in [0.3, 0.4) is 0 Å². The Morgan fingerprint density at radius 3 is 2.83 bits per heavy atom. The van der Waals surface area contributed by atoms with Crippen LogP contribution in [0.5, 0.6) is 11.5 Å². The first-order valence-corrected chi connectivity index (χ1v) is 8.49. The summed E-state index contributed by atoms with van der Waals surface area (Å²) in [7, 11) is -3.78. The largest absolute Gasteiger partial charge is 0.454 e. The lowest BCUT2D eigenvalue weighted by Crippen LogP contribution is -2.12. The second-order valence-corrected chi connectivity index (χ2v) is 6.66. The maximum Gasteiger partial charge on any atom is 0.265 e. The van der Waals surface area contributed by atoms with E-state index >= 15 is 0 Å². The van der Waals surface area contributed by atoms with Gasteiger partial charge in [0.25, 0.3) is 10.0 Å². The molecule has 1 aliphatic rings. The van der Waals surface area contributed by atoms with Crippen LogP contribution in [0.2, 0.25) is 0 Å². The summed E-state index contributed by atoms with van der Waals surface area (Å²) in [6.45, 7) is 0.127. The van der Waals surface area contributed by atoms with Gasteiger partial charge < -0.3 is 9.47 Å². The fourth-order valence-electron chi connectivity index (χ4n) is 2.23. The molecule has 2 aromatic heterocycles. The van der Waals surface area contributed by atoms with Crippen molar-refractivity contribution in [1.82, 2.24) is 14.8 Å². The van der Waals surface area contributed by atoms with E-state index in [4.69, 9.17) is 9.47 Å². The molecule has 1 aromatic carbocycles. The molecule has 8 nitrogen and oxygen atoms in total. The lowest BCUT2D eigenvalue weighted by Gasteiger charge is -2.06. The number of hydrogen-bond acceptors (Lipinski definition) is 6. The zero-order chi connectivity index (χ0) is 16.6. The molecule has 0 atom stereocenters. The third kappa shape index (κ3) is 2.65. The number of hydrogen-bond donors (Lipinski definition) is 1. The van der Waals surface area contributed by atoms with Crippen molar-refractivity contribution in [3.05, 3.63) is 55.0 Å². The summed E-state index contributed by atoms with van der Waals surface area (Å²) in [5.74, 6) is 1.61. The Bertz CT molecular complexity index is 986. The second kappa shape index (κ2) is 5.53. The predicted molar refractivity (Wildman–Crippen MR) is 84.7 cm³/mol. The number of fused-ring (bicyclic) bond motifs is 1. The molecular formula is C15H12N4O4S. The molecule has 0 saturated carbocycles. The molecule has 4 rings (SSSR count). The van der Waals surface area contributed by atoms with Crippen LogP contribution in [0, 0.1) is 0 Å². The van der Waals surface area contributed by atoms with Gasteiger partial charge in [-0.05, 0) is 24.3 Å². The molecule has 0 spiro atoms. The standard InChI is InChI=1S/C15H12N4O4S/c20-24(21,18-11-4-5-13-14(7-11)23-10-22-13)12-8-17-19(9-12)15-3-1-2-6-16-15/h1-9,18H,10H2. The Morgan fingerprint density at radius 2 is 2.00 bits per heavy atom. The first-order chi connectivity index (χ1) is 11.6. The molecular weight excluding hydrogens is 332 g/mol. The van der Waals surface area contributed by atoms with Crippen molar-refractivity contribution in [1.29, 1.82) is 0 Å². The highest BCUT2D eigenvalue weighted by Gasteiger charge is 2.19. The Kier molecular flexibility index (Phi) is 3.35. The molecule has 0 unspecified atom stereocenters. The molecule has 1 N–H and O–H groups in total. The van der Waals surface area contributed by atoms with Crippen LogP contribution in [0.25, 0.3) is 5.82 Å². The van der Waals surface area contributed by atoms with Crippen LogP contribution >= 0.6 is 0 Å². The van der Waals surface area contributed by atoms with Gasteiger partial charge in [0, 0.05) is 12.3 Å². The number of anilines is 1. The molecule has 0 bridgehead atoms. The number of rotatable bonds is 4. The Hall–Kier alpha value is -3.07. The van der Waals surface area contributed by atoms with Crippen molar-refractivity contribution in [3.8, 4) is 17.3 Å². The van der Waals surface area contributed by atoms with Gasteiger partial charge in [-0.2, -0.15) is 5.10 Å². The second-order valence-electron chi connectivity index (χ2n) is 4.98. The number of nitrogens with one attached hydrogen (secondary N) is 1. The predicted octanol–water partition coefficient (Wildman–Crippen LogP) is 1.80. The van der Waals surface area contributed by atoms with Gasteiger partial charge in [0.2, 0.25) is 6.79 Å². The van der Waals surface area contributed by atoms with Gasteiger partial charge in [-0.1, -0.05) is 6.07 Å². The van der Waals surface area contributed by atoms with Crippen molar-refractivity contribution < 1.29 is 17.9 Å². The summed E-state index contributed by atoms with van der Waals surface area (Å²) in [6, 6.07) is 10.1. The first-order valence-electron chi connectivity index (χ1n) is 7.00. The minimum absolute atomic E-state index is 0.0332. The minimum atomic E-state index is -3.78. The molecule has 0 radical (unpaired) electrons. The minimum Gasteiger partial charge on any atom is -0.454 e. The lowest BCUT2D eigenvalue weighted by atomic mass is 10.3. The fourth-order valence-corrected chi connectivity index (χ4v) is 3.21. The molecule has 24 heavy (non-hydrogen) atoms. The van der Waals surface area contributed by atoms with Crippen molar-refractivity contribution in [2.45, 2.75) is 4.90 Å². The quantitative estimate of drug-likeness (QED) is 0.775. The van der Waals surface area contributed by atoms with E-state index in [1.54, 1.807) is 42.6 Å². The van der Waals surface area contributed by atoms with Crippen molar-refractivity contribution in [2.75, 3.05) is 11.5 Å². The number of aromatic nitrogens is 3. The maximum absolute atomic E-state index is 12.5. The topological polar surface area (TPSA) is 95.3 Å². The van der Waals surface area contributed by atoms with Crippen LogP contribution in [-0.2, 0) is 10.0 Å². The van der Waals surface area contributed by atoms with E-state index in [0.717, 1.165) is 0 Å². The highest BCUT2D eigenvalue weighted by atomic mass is 32.2. The van der Waals surface area contributed by atoms with E-state index in [2.05, 4.69) is 14.8 Å². The van der Waals surface area contributed by atoms with Crippen LogP contribution < -0.4 is 14.2 Å². The Labute approximate surface area is 137 Å².